The van der Waals surface area contributed by atoms with Crippen LogP contribution < -0.4 is 0 Å². The fourth-order valence-electron chi connectivity index (χ4n) is 3.91. The number of aliphatic hydroxyl groups is 2. The molecule has 5 nitrogen and oxygen atoms in total. The zero-order valence-corrected chi connectivity index (χ0v) is 18.9. The van der Waals surface area contributed by atoms with Gasteiger partial charge in [0.05, 0.1) is 11.0 Å². The van der Waals surface area contributed by atoms with E-state index in [0.717, 1.165) is 25.7 Å². The Balaban J connectivity index is 3.72. The normalized spacial score (nSPS) is 16.9. The van der Waals surface area contributed by atoms with E-state index in [9.17, 15) is 24.6 Å². The summed E-state index contributed by atoms with van der Waals surface area (Å²) in [5.41, 5.74) is -1.86. The Morgan fingerprint density at radius 3 is 1.59 bits per heavy atom. The fraction of sp³-hybridized carbons (Fsp3) is 0.708. The Morgan fingerprint density at radius 2 is 1.21 bits per heavy atom. The van der Waals surface area contributed by atoms with Crippen molar-refractivity contribution in [2.75, 3.05) is 0 Å². The third-order valence-corrected chi connectivity index (χ3v) is 5.78. The monoisotopic (exact) mass is 406 g/mol. The van der Waals surface area contributed by atoms with E-state index in [0.29, 0.717) is 25.7 Å². The number of unbranched alkanes of at least 4 members (excludes halogenated alkanes) is 4. The Kier molecular flexibility index (Phi) is 9.31. The molecule has 0 aromatic rings. The van der Waals surface area contributed by atoms with E-state index in [1.54, 1.807) is 27.7 Å². The molecule has 0 bridgehead atoms. The van der Waals surface area contributed by atoms with Gasteiger partial charge >= 0.3 is 0 Å². The average molecular weight is 407 g/mol. The number of hydrogen-bond donors (Lipinski definition) is 2. The molecule has 0 fully saturated rings. The first-order chi connectivity index (χ1) is 13.6. The Labute approximate surface area is 175 Å². The van der Waals surface area contributed by atoms with Crippen LogP contribution in [0.2, 0.25) is 0 Å². The van der Waals surface area contributed by atoms with Gasteiger partial charge < -0.3 is 10.2 Å². The average Bonchev–Trinajstić information content (AvgIpc) is 2.65. The summed E-state index contributed by atoms with van der Waals surface area (Å²) < 4.78 is 0. The third kappa shape index (κ3) is 5.18. The van der Waals surface area contributed by atoms with Gasteiger partial charge in [-0.2, -0.15) is 0 Å². The van der Waals surface area contributed by atoms with E-state index in [4.69, 9.17) is 0 Å². The van der Waals surface area contributed by atoms with Crippen LogP contribution >= 0.6 is 0 Å². The maximum absolute atomic E-state index is 13.6. The minimum atomic E-state index is -1.31. The third-order valence-electron chi connectivity index (χ3n) is 5.78. The quantitative estimate of drug-likeness (QED) is 0.316. The summed E-state index contributed by atoms with van der Waals surface area (Å²) in [5.74, 6) is -3.43. The largest absolute Gasteiger partial charge is 0.510 e. The van der Waals surface area contributed by atoms with Crippen molar-refractivity contribution in [1.82, 2.24) is 0 Å². The molecule has 0 unspecified atom stereocenters. The summed E-state index contributed by atoms with van der Waals surface area (Å²) in [5, 5.41) is 22.0. The molecule has 0 aromatic heterocycles. The van der Waals surface area contributed by atoms with Crippen LogP contribution in [0.5, 0.6) is 0 Å². The van der Waals surface area contributed by atoms with Crippen LogP contribution in [-0.4, -0.2) is 27.6 Å². The van der Waals surface area contributed by atoms with Crippen molar-refractivity contribution in [3.8, 4) is 0 Å². The van der Waals surface area contributed by atoms with Crippen LogP contribution in [0.4, 0.5) is 0 Å². The van der Waals surface area contributed by atoms with Crippen molar-refractivity contribution in [3.05, 3.63) is 22.7 Å². The zero-order valence-electron chi connectivity index (χ0n) is 18.9. The van der Waals surface area contributed by atoms with Gasteiger partial charge in [0.1, 0.15) is 17.1 Å². The smallest absolute Gasteiger partial charge is 0.183 e. The Morgan fingerprint density at radius 1 is 0.793 bits per heavy atom. The number of carbonyl (C=O) groups excluding carboxylic acids is 3. The molecular formula is C24H38O5. The highest BCUT2D eigenvalue weighted by molar-refractivity contribution is 6.26. The number of ketones is 3. The second kappa shape index (κ2) is 10.7. The molecule has 1 rings (SSSR count). The molecule has 0 aromatic carbocycles. The van der Waals surface area contributed by atoms with Gasteiger partial charge in [0.15, 0.2) is 17.3 Å². The van der Waals surface area contributed by atoms with Gasteiger partial charge in [-0.15, -0.1) is 0 Å². The van der Waals surface area contributed by atoms with E-state index in [1.807, 2.05) is 0 Å². The first kappa shape index (κ1) is 25.1. The summed E-state index contributed by atoms with van der Waals surface area (Å²) >= 11 is 0. The summed E-state index contributed by atoms with van der Waals surface area (Å²) in [6, 6.07) is 0. The van der Waals surface area contributed by atoms with Crippen molar-refractivity contribution in [3.63, 3.8) is 0 Å². The second-order valence-corrected chi connectivity index (χ2v) is 8.81. The van der Waals surface area contributed by atoms with Gasteiger partial charge in [-0.1, -0.05) is 80.1 Å². The molecule has 1 aliphatic carbocycles. The number of hydrogen-bond acceptors (Lipinski definition) is 5. The minimum absolute atomic E-state index is 0.239. The van der Waals surface area contributed by atoms with E-state index in [-0.39, 0.29) is 16.9 Å². The molecule has 164 valence electrons. The minimum Gasteiger partial charge on any atom is -0.510 e. The van der Waals surface area contributed by atoms with E-state index in [1.165, 1.54) is 0 Å². The molecule has 2 N–H and O–H groups in total. The topological polar surface area (TPSA) is 91.7 Å². The van der Waals surface area contributed by atoms with Gasteiger partial charge in [-0.05, 0) is 12.8 Å². The Hall–Kier alpha value is -1.91. The van der Waals surface area contributed by atoms with Crippen LogP contribution in [-0.2, 0) is 14.4 Å². The van der Waals surface area contributed by atoms with Crippen LogP contribution in [0.1, 0.15) is 92.9 Å². The lowest BCUT2D eigenvalue weighted by molar-refractivity contribution is -0.130. The first-order valence-electron chi connectivity index (χ1n) is 11.1. The summed E-state index contributed by atoms with van der Waals surface area (Å²) in [6.07, 6.45) is 5.79. The van der Waals surface area contributed by atoms with E-state index in [2.05, 4.69) is 13.8 Å². The Bertz CT molecular complexity index is 684. The molecule has 0 aliphatic heterocycles. The second-order valence-electron chi connectivity index (χ2n) is 8.81. The molecule has 0 radical (unpaired) electrons. The molecule has 5 heteroatoms. The fourth-order valence-corrected chi connectivity index (χ4v) is 3.91. The molecule has 0 atom stereocenters. The maximum atomic E-state index is 13.6. The van der Waals surface area contributed by atoms with Crippen LogP contribution in [0.25, 0.3) is 0 Å². The SMILES string of the molecule is CCCCCC1(CCCCC)C(=O)C(C(=O)C(C)C)=C(O)C(C(=O)C(C)C)=C1O. The number of aliphatic hydroxyl groups excluding tert-OH is 2. The van der Waals surface area contributed by atoms with Crippen molar-refractivity contribution in [1.29, 1.82) is 0 Å². The lowest BCUT2D eigenvalue weighted by atomic mass is 9.65. The molecule has 0 saturated heterocycles. The van der Waals surface area contributed by atoms with Gasteiger partial charge in [0, 0.05) is 11.8 Å². The predicted octanol–water partition coefficient (Wildman–Crippen LogP) is 5.79. The highest BCUT2D eigenvalue weighted by atomic mass is 16.3. The molecular weight excluding hydrogens is 368 g/mol. The van der Waals surface area contributed by atoms with Crippen molar-refractivity contribution >= 4 is 17.3 Å². The lowest BCUT2D eigenvalue weighted by Crippen LogP contribution is -2.43. The highest BCUT2D eigenvalue weighted by Gasteiger charge is 2.52. The molecule has 0 heterocycles. The van der Waals surface area contributed by atoms with Crippen LogP contribution in [0.15, 0.2) is 22.7 Å². The first-order valence-corrected chi connectivity index (χ1v) is 11.1. The predicted molar refractivity (Wildman–Crippen MR) is 115 cm³/mol. The molecule has 0 amide bonds. The van der Waals surface area contributed by atoms with Gasteiger partial charge in [0.2, 0.25) is 0 Å². The number of rotatable bonds is 12. The molecule has 29 heavy (non-hydrogen) atoms. The molecule has 1 aliphatic rings. The lowest BCUT2D eigenvalue weighted by Gasteiger charge is -2.37. The van der Waals surface area contributed by atoms with Gasteiger partial charge in [-0.3, -0.25) is 14.4 Å². The van der Waals surface area contributed by atoms with Crippen LogP contribution in [0, 0.1) is 17.3 Å². The standard InChI is InChI=1S/C24H38O5/c1-7-9-11-13-24(14-12-10-8-2)22(28)17(19(25)15(3)4)21(27)18(23(24)29)20(26)16(5)6/h15-16,27-28H,7-14H2,1-6H3. The highest BCUT2D eigenvalue weighted by Crippen LogP contribution is 2.47. The van der Waals surface area contributed by atoms with Crippen molar-refractivity contribution < 1.29 is 24.6 Å². The number of Topliss-reactive ketones (excluding diaryl/α,β-unsaturated/α-hetero) is 3. The summed E-state index contributed by atoms with van der Waals surface area (Å²) in [7, 11) is 0. The van der Waals surface area contributed by atoms with E-state index < -0.39 is 40.4 Å². The molecule has 0 saturated carbocycles. The van der Waals surface area contributed by atoms with Gasteiger partial charge in [-0.25, -0.2) is 0 Å². The maximum Gasteiger partial charge on any atom is 0.183 e. The number of carbonyl (C=O) groups is 3. The molecule has 0 spiro atoms. The van der Waals surface area contributed by atoms with Crippen LogP contribution in [0.3, 0.4) is 0 Å². The zero-order chi connectivity index (χ0) is 22.4. The summed E-state index contributed by atoms with van der Waals surface area (Å²) in [6.45, 7) is 10.8. The van der Waals surface area contributed by atoms with Gasteiger partial charge in [0.25, 0.3) is 0 Å². The van der Waals surface area contributed by atoms with Crippen molar-refractivity contribution in [2.45, 2.75) is 92.9 Å². The van der Waals surface area contributed by atoms with Crippen molar-refractivity contribution in [2.24, 2.45) is 17.3 Å². The van der Waals surface area contributed by atoms with E-state index >= 15 is 0 Å². The summed E-state index contributed by atoms with van der Waals surface area (Å²) in [4.78, 5) is 39.3. The number of allylic oxidation sites excluding steroid dienone is 3.